The summed E-state index contributed by atoms with van der Waals surface area (Å²) in [7, 11) is 1.64. The van der Waals surface area contributed by atoms with E-state index < -0.39 is 0 Å². The molecule has 0 aliphatic rings. The lowest BCUT2D eigenvalue weighted by molar-refractivity contribution is 0.0963. The maximum Gasteiger partial charge on any atom is 0.251 e. The van der Waals surface area contributed by atoms with E-state index in [9.17, 15) is 4.79 Å². The lowest BCUT2D eigenvalue weighted by atomic mass is 10.1. The molecule has 0 aliphatic carbocycles. The highest BCUT2D eigenvalue weighted by Gasteiger charge is 2.03. The Morgan fingerprint density at radius 2 is 2.13 bits per heavy atom. The molecule has 0 aromatic heterocycles. The fourth-order valence-electron chi connectivity index (χ4n) is 1.24. The average molecular weight is 206 g/mol. The number of anilines is 1. The molecule has 3 heteroatoms. The van der Waals surface area contributed by atoms with Crippen LogP contribution in [0.1, 0.15) is 24.2 Å². The maximum absolute atomic E-state index is 11.4. The third-order valence-corrected chi connectivity index (χ3v) is 2.07. The van der Waals surface area contributed by atoms with Crippen molar-refractivity contribution in [2.24, 2.45) is 5.92 Å². The number of amides is 1. The first-order chi connectivity index (χ1) is 7.13. The highest BCUT2D eigenvalue weighted by molar-refractivity contribution is 5.94. The number of rotatable bonds is 4. The van der Waals surface area contributed by atoms with Crippen molar-refractivity contribution in [2.75, 3.05) is 18.9 Å². The second-order valence-electron chi connectivity index (χ2n) is 3.93. The summed E-state index contributed by atoms with van der Waals surface area (Å²) < 4.78 is 0. The minimum Gasteiger partial charge on any atom is -0.385 e. The van der Waals surface area contributed by atoms with E-state index in [-0.39, 0.29) is 5.91 Å². The van der Waals surface area contributed by atoms with Crippen LogP contribution >= 0.6 is 0 Å². The van der Waals surface area contributed by atoms with E-state index in [0.29, 0.717) is 11.5 Å². The molecule has 82 valence electrons. The molecule has 3 nitrogen and oxygen atoms in total. The lowest BCUT2D eigenvalue weighted by Gasteiger charge is -2.09. The third-order valence-electron chi connectivity index (χ3n) is 2.07. The Bertz CT molecular complexity index is 334. The van der Waals surface area contributed by atoms with Gasteiger partial charge in [0.05, 0.1) is 0 Å². The van der Waals surface area contributed by atoms with Crippen LogP contribution in [0.3, 0.4) is 0 Å². The van der Waals surface area contributed by atoms with Crippen LogP contribution in [0.5, 0.6) is 0 Å². The third kappa shape index (κ3) is 3.62. The number of benzene rings is 1. The maximum atomic E-state index is 11.4. The van der Waals surface area contributed by atoms with Crippen LogP contribution in [0.2, 0.25) is 0 Å². The van der Waals surface area contributed by atoms with Gasteiger partial charge in [0.25, 0.3) is 5.91 Å². The zero-order chi connectivity index (χ0) is 11.3. The topological polar surface area (TPSA) is 41.1 Å². The van der Waals surface area contributed by atoms with E-state index in [4.69, 9.17) is 0 Å². The molecule has 0 atom stereocenters. The van der Waals surface area contributed by atoms with E-state index in [1.54, 1.807) is 13.1 Å². The number of hydrogen-bond acceptors (Lipinski definition) is 2. The van der Waals surface area contributed by atoms with Gasteiger partial charge in [0.1, 0.15) is 0 Å². The van der Waals surface area contributed by atoms with Crippen molar-refractivity contribution in [1.29, 1.82) is 0 Å². The minimum atomic E-state index is -0.0526. The SMILES string of the molecule is CNC(=O)c1cccc(NCC(C)C)c1. The molecule has 0 saturated carbocycles. The van der Waals surface area contributed by atoms with Gasteiger partial charge in [-0.05, 0) is 24.1 Å². The Hall–Kier alpha value is -1.51. The molecule has 0 saturated heterocycles. The summed E-state index contributed by atoms with van der Waals surface area (Å²) in [5.41, 5.74) is 1.68. The summed E-state index contributed by atoms with van der Waals surface area (Å²) in [4.78, 5) is 11.4. The Kier molecular flexibility index (Phi) is 4.16. The van der Waals surface area contributed by atoms with Crippen molar-refractivity contribution in [2.45, 2.75) is 13.8 Å². The van der Waals surface area contributed by atoms with Gasteiger partial charge in [-0.3, -0.25) is 4.79 Å². The fourth-order valence-corrected chi connectivity index (χ4v) is 1.24. The molecule has 15 heavy (non-hydrogen) atoms. The molecular weight excluding hydrogens is 188 g/mol. The van der Waals surface area contributed by atoms with Gasteiger partial charge in [0.15, 0.2) is 0 Å². The molecule has 0 unspecified atom stereocenters. The molecule has 1 aromatic rings. The minimum absolute atomic E-state index is 0.0526. The van der Waals surface area contributed by atoms with E-state index in [1.807, 2.05) is 18.2 Å². The molecule has 0 spiro atoms. The second-order valence-corrected chi connectivity index (χ2v) is 3.93. The summed E-state index contributed by atoms with van der Waals surface area (Å²) in [5.74, 6) is 0.539. The first-order valence-electron chi connectivity index (χ1n) is 5.19. The van der Waals surface area contributed by atoms with Crippen LogP contribution in [-0.2, 0) is 0 Å². The van der Waals surface area contributed by atoms with Crippen LogP contribution in [-0.4, -0.2) is 19.5 Å². The smallest absolute Gasteiger partial charge is 0.251 e. The molecule has 0 fully saturated rings. The molecule has 1 aromatic carbocycles. The molecule has 2 N–H and O–H groups in total. The summed E-state index contributed by atoms with van der Waals surface area (Å²) in [5, 5.41) is 5.89. The van der Waals surface area contributed by atoms with Gasteiger partial charge in [-0.15, -0.1) is 0 Å². The quantitative estimate of drug-likeness (QED) is 0.792. The normalized spacial score (nSPS) is 10.1. The van der Waals surface area contributed by atoms with Gasteiger partial charge >= 0.3 is 0 Å². The summed E-state index contributed by atoms with van der Waals surface area (Å²) in [6.45, 7) is 5.21. The first kappa shape index (κ1) is 11.6. The van der Waals surface area contributed by atoms with Crippen molar-refractivity contribution in [3.8, 4) is 0 Å². The van der Waals surface area contributed by atoms with Crippen LogP contribution < -0.4 is 10.6 Å². The van der Waals surface area contributed by atoms with E-state index in [1.165, 1.54) is 0 Å². The van der Waals surface area contributed by atoms with Gasteiger partial charge in [-0.2, -0.15) is 0 Å². The van der Waals surface area contributed by atoms with Gasteiger partial charge in [0, 0.05) is 24.8 Å². The summed E-state index contributed by atoms with van der Waals surface area (Å²) in [6.07, 6.45) is 0. The van der Waals surface area contributed by atoms with Crippen molar-refractivity contribution in [3.05, 3.63) is 29.8 Å². The second kappa shape index (κ2) is 5.39. The Morgan fingerprint density at radius 3 is 2.73 bits per heavy atom. The predicted molar refractivity (Wildman–Crippen MR) is 63.2 cm³/mol. The highest BCUT2D eigenvalue weighted by Crippen LogP contribution is 2.11. The molecule has 1 amide bonds. The number of nitrogens with one attached hydrogen (secondary N) is 2. The Balaban J connectivity index is 2.70. The lowest BCUT2D eigenvalue weighted by Crippen LogP contribution is -2.18. The Morgan fingerprint density at radius 1 is 1.40 bits per heavy atom. The monoisotopic (exact) mass is 206 g/mol. The molecule has 1 rings (SSSR count). The standard InChI is InChI=1S/C12H18N2O/c1-9(2)8-14-11-6-4-5-10(7-11)12(15)13-3/h4-7,9,14H,8H2,1-3H3,(H,13,15). The molecule has 0 radical (unpaired) electrons. The number of hydrogen-bond donors (Lipinski definition) is 2. The molecule has 0 bridgehead atoms. The predicted octanol–water partition coefficient (Wildman–Crippen LogP) is 2.11. The van der Waals surface area contributed by atoms with Crippen LogP contribution in [0, 0.1) is 5.92 Å². The van der Waals surface area contributed by atoms with E-state index >= 15 is 0 Å². The summed E-state index contributed by atoms with van der Waals surface area (Å²) >= 11 is 0. The highest BCUT2D eigenvalue weighted by atomic mass is 16.1. The van der Waals surface area contributed by atoms with Gasteiger partial charge < -0.3 is 10.6 Å². The zero-order valence-electron chi connectivity index (χ0n) is 9.50. The Labute approximate surface area is 90.9 Å². The number of carbonyl (C=O) groups is 1. The molecule has 0 aliphatic heterocycles. The van der Waals surface area contributed by atoms with Crippen molar-refractivity contribution in [1.82, 2.24) is 5.32 Å². The first-order valence-corrected chi connectivity index (χ1v) is 5.19. The largest absolute Gasteiger partial charge is 0.385 e. The van der Waals surface area contributed by atoms with Crippen LogP contribution in [0.25, 0.3) is 0 Å². The van der Waals surface area contributed by atoms with Gasteiger partial charge in [-0.25, -0.2) is 0 Å². The van der Waals surface area contributed by atoms with Crippen molar-refractivity contribution >= 4 is 11.6 Å². The van der Waals surface area contributed by atoms with Crippen molar-refractivity contribution < 1.29 is 4.79 Å². The molecular formula is C12H18N2O. The van der Waals surface area contributed by atoms with Gasteiger partial charge in [0.2, 0.25) is 0 Å². The fraction of sp³-hybridized carbons (Fsp3) is 0.417. The van der Waals surface area contributed by atoms with Crippen molar-refractivity contribution in [3.63, 3.8) is 0 Å². The average Bonchev–Trinajstić information content (AvgIpc) is 2.25. The molecule has 0 heterocycles. The van der Waals surface area contributed by atoms with Crippen LogP contribution in [0.4, 0.5) is 5.69 Å². The van der Waals surface area contributed by atoms with E-state index in [0.717, 1.165) is 12.2 Å². The zero-order valence-corrected chi connectivity index (χ0v) is 9.50. The number of carbonyl (C=O) groups excluding carboxylic acids is 1. The van der Waals surface area contributed by atoms with Crippen LogP contribution in [0.15, 0.2) is 24.3 Å². The van der Waals surface area contributed by atoms with E-state index in [2.05, 4.69) is 24.5 Å². The van der Waals surface area contributed by atoms with Gasteiger partial charge in [-0.1, -0.05) is 19.9 Å². The summed E-state index contributed by atoms with van der Waals surface area (Å²) in [6, 6.07) is 7.52.